The van der Waals surface area contributed by atoms with E-state index in [1.165, 1.54) is 36.6 Å². The average molecular weight is 531 g/mol. The summed E-state index contributed by atoms with van der Waals surface area (Å²) in [6, 6.07) is 8.88. The minimum Gasteiger partial charge on any atom is -0.376 e. The molecule has 1 aromatic heterocycles. The van der Waals surface area contributed by atoms with Crippen molar-refractivity contribution in [1.29, 1.82) is 0 Å². The molecule has 1 aromatic carbocycles. The van der Waals surface area contributed by atoms with Crippen molar-refractivity contribution >= 4 is 5.57 Å². The molecule has 1 atom stereocenters. The van der Waals surface area contributed by atoms with Crippen LogP contribution in [0.5, 0.6) is 0 Å². The summed E-state index contributed by atoms with van der Waals surface area (Å²) in [6.45, 7) is 13.7. The third kappa shape index (κ3) is 6.75. The van der Waals surface area contributed by atoms with E-state index < -0.39 is 5.72 Å². The molecule has 2 heterocycles. The Kier molecular flexibility index (Phi) is 9.22. The lowest BCUT2D eigenvalue weighted by Crippen LogP contribution is -2.61. The molecular formula is C33H46N4O2. The van der Waals surface area contributed by atoms with Crippen molar-refractivity contribution in [2.75, 3.05) is 13.7 Å². The first-order valence-electron chi connectivity index (χ1n) is 14.3. The predicted molar refractivity (Wildman–Crippen MR) is 160 cm³/mol. The molecule has 3 N–H and O–H groups in total. The van der Waals surface area contributed by atoms with Gasteiger partial charge in [0.25, 0.3) is 0 Å². The van der Waals surface area contributed by atoms with Crippen LogP contribution < -0.4 is 5.90 Å². The minimum absolute atomic E-state index is 0.306. The number of allylic oxidation sites excluding steroid dienone is 4. The second-order valence-corrected chi connectivity index (χ2v) is 12.1. The highest BCUT2D eigenvalue weighted by Gasteiger charge is 2.63. The minimum atomic E-state index is -0.685. The second-order valence-electron chi connectivity index (χ2n) is 12.1. The van der Waals surface area contributed by atoms with Crippen molar-refractivity contribution in [2.24, 2.45) is 17.2 Å². The van der Waals surface area contributed by atoms with E-state index in [0.29, 0.717) is 17.4 Å². The number of benzene rings is 1. The lowest BCUT2D eigenvalue weighted by Gasteiger charge is -2.54. The van der Waals surface area contributed by atoms with Crippen molar-refractivity contribution in [3.05, 3.63) is 77.8 Å². The maximum atomic E-state index is 11.7. The summed E-state index contributed by atoms with van der Waals surface area (Å²) in [7, 11) is 1.40. The van der Waals surface area contributed by atoms with Crippen LogP contribution in [0.25, 0.3) is 16.8 Å². The van der Waals surface area contributed by atoms with Crippen LogP contribution in [0.1, 0.15) is 75.0 Å². The Morgan fingerprint density at radius 2 is 1.87 bits per heavy atom. The molecule has 2 bridgehead atoms. The molecule has 0 radical (unpaired) electrons. The van der Waals surface area contributed by atoms with Crippen LogP contribution in [-0.4, -0.2) is 45.4 Å². The van der Waals surface area contributed by atoms with E-state index in [0.717, 1.165) is 61.4 Å². The van der Waals surface area contributed by atoms with E-state index in [2.05, 4.69) is 92.4 Å². The molecule has 2 fully saturated rings. The highest BCUT2D eigenvalue weighted by molar-refractivity contribution is 5.74. The number of aromatic nitrogens is 2. The number of aryl methyl sites for hydroxylation is 3. The van der Waals surface area contributed by atoms with Crippen LogP contribution in [0, 0.1) is 25.2 Å². The molecule has 5 rings (SSSR count). The molecule has 210 valence electrons. The normalized spacial score (nSPS) is 23.8. The number of nitrogens with two attached hydrogens (primary N) is 1. The number of aliphatic hydroxyl groups is 1. The number of hydrogen-bond donors (Lipinski definition) is 2. The average Bonchev–Trinajstić information content (AvgIpc) is 3.63. The maximum absolute atomic E-state index is 11.7. The first-order chi connectivity index (χ1) is 18.6. The van der Waals surface area contributed by atoms with Crippen LogP contribution >= 0.6 is 0 Å². The van der Waals surface area contributed by atoms with E-state index in [4.69, 9.17) is 9.97 Å². The van der Waals surface area contributed by atoms with Crippen molar-refractivity contribution in [3.8, 4) is 11.3 Å². The Morgan fingerprint density at radius 3 is 2.46 bits per heavy atom. The lowest BCUT2D eigenvalue weighted by molar-refractivity contribution is -0.209. The SMILES string of the molecule is C=C/C1=C\C=C/CN(C2(O)CC3(CC3)C2)C(CC(C)C)CCc2cc(-c3c(C)cccc3C)nc1n2.CON. The zero-order valence-electron chi connectivity index (χ0n) is 24.4. The highest BCUT2D eigenvalue weighted by Crippen LogP contribution is 2.66. The summed E-state index contributed by atoms with van der Waals surface area (Å²) in [5.41, 5.74) is 6.34. The molecule has 1 spiro atoms. The molecule has 39 heavy (non-hydrogen) atoms. The molecule has 3 aliphatic rings. The Hall–Kier alpha value is -2.64. The van der Waals surface area contributed by atoms with Gasteiger partial charge in [0.15, 0.2) is 5.82 Å². The first kappa shape index (κ1) is 29.3. The highest BCUT2D eigenvalue weighted by atomic mass is 16.6. The van der Waals surface area contributed by atoms with Crippen LogP contribution in [0.2, 0.25) is 0 Å². The Bertz CT molecular complexity index is 1200. The van der Waals surface area contributed by atoms with Crippen molar-refractivity contribution < 1.29 is 9.94 Å². The number of hydrogen-bond acceptors (Lipinski definition) is 6. The molecule has 2 aliphatic carbocycles. The van der Waals surface area contributed by atoms with E-state index >= 15 is 0 Å². The van der Waals surface area contributed by atoms with Gasteiger partial charge in [-0.05, 0) is 87.3 Å². The lowest BCUT2D eigenvalue weighted by atomic mass is 9.71. The van der Waals surface area contributed by atoms with E-state index in [9.17, 15) is 5.11 Å². The molecule has 1 unspecified atom stereocenters. The van der Waals surface area contributed by atoms with Crippen LogP contribution in [0.3, 0.4) is 0 Å². The van der Waals surface area contributed by atoms with E-state index in [-0.39, 0.29) is 0 Å². The van der Waals surface area contributed by atoms with Crippen LogP contribution in [0.15, 0.2) is 55.1 Å². The third-order valence-electron chi connectivity index (χ3n) is 8.43. The van der Waals surface area contributed by atoms with Crippen molar-refractivity contribution in [1.82, 2.24) is 14.9 Å². The van der Waals surface area contributed by atoms with Crippen LogP contribution in [0.4, 0.5) is 0 Å². The Balaban J connectivity index is 0.00000112. The van der Waals surface area contributed by atoms with Gasteiger partial charge in [-0.25, -0.2) is 15.9 Å². The molecule has 6 nitrogen and oxygen atoms in total. The number of rotatable bonds is 5. The van der Waals surface area contributed by atoms with Crippen molar-refractivity contribution in [2.45, 2.75) is 84.4 Å². The van der Waals surface area contributed by atoms with Gasteiger partial charge in [0, 0.05) is 29.4 Å². The second kappa shape index (κ2) is 12.3. The summed E-state index contributed by atoms with van der Waals surface area (Å²) in [5.74, 6) is 5.64. The molecule has 0 saturated heterocycles. The number of nitrogens with zero attached hydrogens (tertiary/aromatic N) is 3. The monoisotopic (exact) mass is 530 g/mol. The summed E-state index contributed by atoms with van der Waals surface area (Å²) in [4.78, 5) is 16.2. The van der Waals surface area contributed by atoms with Gasteiger partial charge in [-0.1, -0.05) is 62.9 Å². The first-order valence-corrected chi connectivity index (χ1v) is 14.3. The van der Waals surface area contributed by atoms with Gasteiger partial charge in [0.05, 0.1) is 12.8 Å². The molecule has 1 aliphatic heterocycles. The fraction of sp³-hybridized carbons (Fsp3) is 0.515. The summed E-state index contributed by atoms with van der Waals surface area (Å²) < 4.78 is 0. The summed E-state index contributed by atoms with van der Waals surface area (Å²) >= 11 is 0. The maximum Gasteiger partial charge on any atom is 0.159 e. The fourth-order valence-electron chi connectivity index (χ4n) is 6.48. The van der Waals surface area contributed by atoms with Crippen molar-refractivity contribution in [3.63, 3.8) is 0 Å². The smallest absolute Gasteiger partial charge is 0.159 e. The molecule has 2 aromatic rings. The topological polar surface area (TPSA) is 84.5 Å². The van der Waals surface area contributed by atoms with Gasteiger partial charge in [-0.3, -0.25) is 4.90 Å². The Morgan fingerprint density at radius 1 is 1.21 bits per heavy atom. The van der Waals surface area contributed by atoms with Gasteiger partial charge >= 0.3 is 0 Å². The zero-order valence-corrected chi connectivity index (χ0v) is 24.4. The largest absolute Gasteiger partial charge is 0.376 e. The molecule has 0 amide bonds. The van der Waals surface area contributed by atoms with E-state index in [1.807, 2.05) is 6.08 Å². The van der Waals surface area contributed by atoms with Gasteiger partial charge < -0.3 is 9.94 Å². The molecule has 2 saturated carbocycles. The quantitative estimate of drug-likeness (QED) is 0.440. The standard InChI is InChI=1S/C32H41N3O.CH5NO/c1-6-25-12-7-8-17-35(32(36)20-31(21-32)15-16-31)27(18-22(2)3)14-13-26-19-28(34-30(25)33-26)29-23(4)10-9-11-24(29)5;1-3-2/h6-12,19,22,27,36H,1,13-18,20-21H2,2-5H3;2H2,1H3/b8-7-,25-12+;. The fourth-order valence-corrected chi connectivity index (χ4v) is 6.48. The predicted octanol–water partition coefficient (Wildman–Crippen LogP) is 6.32. The number of fused-ring (bicyclic) bond motifs is 2. The zero-order chi connectivity index (χ0) is 28.2. The summed E-state index contributed by atoms with van der Waals surface area (Å²) in [6.07, 6.45) is 15.5. The van der Waals surface area contributed by atoms with Crippen LogP contribution in [-0.2, 0) is 11.3 Å². The van der Waals surface area contributed by atoms with Gasteiger partial charge in [0.2, 0.25) is 0 Å². The molecular weight excluding hydrogens is 484 g/mol. The molecule has 6 heteroatoms. The third-order valence-corrected chi connectivity index (χ3v) is 8.43. The van der Waals surface area contributed by atoms with E-state index in [1.54, 1.807) is 0 Å². The van der Waals surface area contributed by atoms with Gasteiger partial charge in [0.1, 0.15) is 5.72 Å². The summed E-state index contributed by atoms with van der Waals surface area (Å²) in [5, 5.41) is 11.7. The van der Waals surface area contributed by atoms with Gasteiger partial charge in [-0.15, -0.1) is 0 Å². The Labute approximate surface area is 234 Å². The van der Waals surface area contributed by atoms with Gasteiger partial charge in [-0.2, -0.15) is 0 Å².